The highest BCUT2D eigenvalue weighted by Crippen LogP contribution is 2.62. The zero-order valence-corrected chi connectivity index (χ0v) is 32.2. The molecule has 11 rings (SSSR count). The van der Waals surface area contributed by atoms with Crippen LogP contribution in [0.3, 0.4) is 0 Å². The molecule has 0 fully saturated rings. The van der Waals surface area contributed by atoms with E-state index in [1.807, 2.05) is 0 Å². The molecular weight excluding hydrogens is 687 g/mol. The Morgan fingerprint density at radius 3 is 1.65 bits per heavy atom. The van der Waals surface area contributed by atoms with Gasteiger partial charge in [-0.15, -0.1) is 0 Å². The van der Waals surface area contributed by atoms with Crippen LogP contribution in [0.25, 0.3) is 44.2 Å². The molecule has 2 aliphatic rings. The predicted octanol–water partition coefficient (Wildman–Crippen LogP) is 14.6. The van der Waals surface area contributed by atoms with E-state index in [1.54, 1.807) is 0 Å². The van der Waals surface area contributed by atoms with Crippen LogP contribution in [0.5, 0.6) is 0 Å². The molecule has 0 amide bonds. The van der Waals surface area contributed by atoms with Crippen molar-refractivity contribution in [3.8, 4) is 33.4 Å². The Kier molecular flexibility index (Phi) is 7.50. The van der Waals surface area contributed by atoms with Crippen LogP contribution in [-0.2, 0) is 10.8 Å². The van der Waals surface area contributed by atoms with E-state index < -0.39 is 5.41 Å². The van der Waals surface area contributed by atoms with Gasteiger partial charge in [-0.1, -0.05) is 202 Å². The minimum atomic E-state index is -0.512. The van der Waals surface area contributed by atoms with Gasteiger partial charge in [-0.3, -0.25) is 0 Å². The molecule has 9 aromatic carbocycles. The second kappa shape index (κ2) is 12.8. The largest absolute Gasteiger partial charge is 0.309 e. The number of fused-ring (bicyclic) bond motifs is 8. The van der Waals surface area contributed by atoms with Crippen LogP contribution in [-0.4, -0.2) is 0 Å². The summed E-state index contributed by atoms with van der Waals surface area (Å²) >= 11 is 0. The van der Waals surface area contributed by atoms with Crippen LogP contribution in [0, 0.1) is 0 Å². The first kappa shape index (κ1) is 33.4. The molecular formula is C56H41N. The topological polar surface area (TPSA) is 3.24 Å². The Morgan fingerprint density at radius 2 is 0.930 bits per heavy atom. The van der Waals surface area contributed by atoms with E-state index in [0.29, 0.717) is 0 Å². The summed E-state index contributed by atoms with van der Waals surface area (Å²) < 4.78 is 0. The first-order valence-electron chi connectivity index (χ1n) is 20.0. The number of hydrogen-bond acceptors (Lipinski definition) is 1. The van der Waals surface area contributed by atoms with Gasteiger partial charge in [0.05, 0.1) is 16.8 Å². The normalized spacial score (nSPS) is 14.1. The maximum Gasteiger partial charge on any atom is 0.0714 e. The zero-order chi connectivity index (χ0) is 38.1. The van der Waals surface area contributed by atoms with Crippen LogP contribution in [0.15, 0.2) is 212 Å². The number of nitrogens with zero attached hydrogens (tertiary/aromatic N) is 1. The van der Waals surface area contributed by atoms with Gasteiger partial charge in [-0.25, -0.2) is 0 Å². The van der Waals surface area contributed by atoms with E-state index in [2.05, 4.69) is 231 Å². The van der Waals surface area contributed by atoms with E-state index in [9.17, 15) is 0 Å². The van der Waals surface area contributed by atoms with Crippen molar-refractivity contribution in [1.29, 1.82) is 0 Å². The van der Waals surface area contributed by atoms with Crippen molar-refractivity contribution in [2.45, 2.75) is 24.7 Å². The number of rotatable bonds is 6. The van der Waals surface area contributed by atoms with Gasteiger partial charge in [0.2, 0.25) is 0 Å². The Morgan fingerprint density at radius 1 is 0.386 bits per heavy atom. The van der Waals surface area contributed by atoms with Gasteiger partial charge < -0.3 is 4.90 Å². The minimum Gasteiger partial charge on any atom is -0.309 e. The lowest BCUT2D eigenvalue weighted by Crippen LogP contribution is -2.28. The number of benzene rings is 9. The van der Waals surface area contributed by atoms with Gasteiger partial charge in [0.15, 0.2) is 0 Å². The van der Waals surface area contributed by atoms with Crippen LogP contribution in [0.2, 0.25) is 0 Å². The molecule has 57 heavy (non-hydrogen) atoms. The molecule has 9 aromatic rings. The Labute approximate surface area is 335 Å². The number of hydrogen-bond donors (Lipinski definition) is 0. The van der Waals surface area contributed by atoms with Gasteiger partial charge in [0, 0.05) is 22.2 Å². The quantitative estimate of drug-likeness (QED) is 0.165. The third-order valence-electron chi connectivity index (χ3n) is 12.7. The van der Waals surface area contributed by atoms with E-state index >= 15 is 0 Å². The summed E-state index contributed by atoms with van der Waals surface area (Å²) in [7, 11) is 0. The fourth-order valence-electron chi connectivity index (χ4n) is 10.3. The monoisotopic (exact) mass is 727 g/mol. The van der Waals surface area contributed by atoms with Crippen molar-refractivity contribution >= 4 is 27.8 Å². The van der Waals surface area contributed by atoms with Crippen molar-refractivity contribution in [2.75, 3.05) is 4.90 Å². The lowest BCUT2D eigenvalue weighted by atomic mass is 9.68. The van der Waals surface area contributed by atoms with Crippen molar-refractivity contribution in [3.63, 3.8) is 0 Å². The first-order valence-corrected chi connectivity index (χ1v) is 20.0. The van der Waals surface area contributed by atoms with Crippen LogP contribution < -0.4 is 4.90 Å². The summed E-state index contributed by atoms with van der Waals surface area (Å²) in [6, 6.07) is 78.7. The van der Waals surface area contributed by atoms with Crippen molar-refractivity contribution in [2.24, 2.45) is 0 Å². The molecule has 1 nitrogen and oxygen atoms in total. The fourth-order valence-corrected chi connectivity index (χ4v) is 10.3. The maximum absolute atomic E-state index is 2.58. The first-order chi connectivity index (χ1) is 28.1. The van der Waals surface area contributed by atoms with Crippen molar-refractivity contribution < 1.29 is 0 Å². The van der Waals surface area contributed by atoms with E-state index in [-0.39, 0.29) is 5.41 Å². The average Bonchev–Trinajstić information content (AvgIpc) is 3.72. The molecule has 0 radical (unpaired) electrons. The average molecular weight is 728 g/mol. The summed E-state index contributed by atoms with van der Waals surface area (Å²) in [6.45, 7) is 4.80. The molecule has 0 unspecified atom stereocenters. The lowest BCUT2D eigenvalue weighted by Gasteiger charge is -2.35. The molecule has 0 bridgehead atoms. The minimum absolute atomic E-state index is 0.194. The third kappa shape index (κ3) is 4.82. The highest BCUT2D eigenvalue weighted by Gasteiger charge is 2.48. The van der Waals surface area contributed by atoms with E-state index in [4.69, 9.17) is 0 Å². The molecule has 0 spiro atoms. The molecule has 270 valence electrons. The Balaban J connectivity index is 1.29. The Bertz CT molecular complexity index is 2940. The molecule has 2 aliphatic carbocycles. The summed E-state index contributed by atoms with van der Waals surface area (Å²) in [4.78, 5) is 2.58. The second-order valence-electron chi connectivity index (χ2n) is 16.0. The smallest absolute Gasteiger partial charge is 0.0714 e. The lowest BCUT2D eigenvalue weighted by molar-refractivity contribution is 0.666. The second-order valence-corrected chi connectivity index (χ2v) is 16.0. The summed E-state index contributed by atoms with van der Waals surface area (Å²) in [5.74, 6) is 0. The molecule has 0 N–H and O–H groups in total. The molecule has 1 heteroatoms. The molecule has 0 heterocycles. The van der Waals surface area contributed by atoms with Crippen molar-refractivity contribution in [1.82, 2.24) is 0 Å². The molecule has 0 atom stereocenters. The Hall–Kier alpha value is -6.96. The highest BCUT2D eigenvalue weighted by atomic mass is 15.1. The van der Waals surface area contributed by atoms with E-state index in [0.717, 1.165) is 5.69 Å². The predicted molar refractivity (Wildman–Crippen MR) is 239 cm³/mol. The van der Waals surface area contributed by atoms with Crippen LogP contribution >= 0.6 is 0 Å². The number of anilines is 3. The van der Waals surface area contributed by atoms with Gasteiger partial charge in [0.1, 0.15) is 0 Å². The van der Waals surface area contributed by atoms with Gasteiger partial charge in [-0.2, -0.15) is 0 Å². The summed E-state index contributed by atoms with van der Waals surface area (Å²) in [6.07, 6.45) is 0. The zero-order valence-electron chi connectivity index (χ0n) is 32.2. The van der Waals surface area contributed by atoms with Gasteiger partial charge in [-0.05, 0) is 90.7 Å². The third-order valence-corrected chi connectivity index (χ3v) is 12.7. The van der Waals surface area contributed by atoms with Gasteiger partial charge in [0.25, 0.3) is 0 Å². The maximum atomic E-state index is 2.58. The van der Waals surface area contributed by atoms with Crippen molar-refractivity contribution in [3.05, 3.63) is 246 Å². The van der Waals surface area contributed by atoms with Gasteiger partial charge >= 0.3 is 0 Å². The molecule has 0 aromatic heterocycles. The van der Waals surface area contributed by atoms with E-state index in [1.165, 1.54) is 88.9 Å². The molecule has 0 aliphatic heterocycles. The summed E-state index contributed by atoms with van der Waals surface area (Å²) in [5, 5.41) is 2.55. The molecule has 0 saturated heterocycles. The standard InChI is InChI=1S/C56H41N/c1-55(2)47-32-16-14-30-45(47)53-51(37-40-22-12-13-29-44(40)54(53)55)57(43-28-18-23-39(36-43)38-20-6-3-7-21-38)50-35-19-34-49-52(50)46-31-15-17-33-48(46)56(49,41-24-8-4-9-25-41)42-26-10-5-11-27-42/h3-37H,1-2H3. The molecule has 0 saturated carbocycles. The van der Waals surface area contributed by atoms with Crippen LogP contribution in [0.4, 0.5) is 17.1 Å². The fraction of sp³-hybridized carbons (Fsp3) is 0.0714. The van der Waals surface area contributed by atoms with Crippen LogP contribution in [0.1, 0.15) is 47.2 Å². The highest BCUT2D eigenvalue weighted by molar-refractivity contribution is 6.08. The summed E-state index contributed by atoms with van der Waals surface area (Å²) in [5.41, 5.74) is 18.2. The SMILES string of the molecule is CC1(C)c2ccccc2-c2c(N(c3cccc(-c4ccccc4)c3)c3cccc4c3-c3ccccc3C4(c3ccccc3)c3ccccc3)cc3ccccc3c21.